The van der Waals surface area contributed by atoms with Gasteiger partial charge in [0.2, 0.25) is 11.9 Å². The first-order chi connectivity index (χ1) is 16.2. The molecule has 4 aromatic rings. The second-order valence-electron chi connectivity index (χ2n) is 8.81. The molecule has 2 aliphatic heterocycles. The lowest BCUT2D eigenvalue weighted by Crippen LogP contribution is -2.38. The number of piperidine rings is 1. The van der Waals surface area contributed by atoms with E-state index in [9.17, 15) is 4.79 Å². The Morgan fingerprint density at radius 2 is 1.91 bits per heavy atom. The Labute approximate surface area is 191 Å². The Morgan fingerprint density at radius 1 is 1.09 bits per heavy atom. The van der Waals surface area contributed by atoms with E-state index in [1.54, 1.807) is 6.92 Å². The molecule has 0 bridgehead atoms. The van der Waals surface area contributed by atoms with Crippen LogP contribution in [-0.4, -0.2) is 74.9 Å². The summed E-state index contributed by atoms with van der Waals surface area (Å²) in [5, 5.41) is 6.90. The number of hydrogen-bond donors (Lipinski definition) is 1. The second kappa shape index (κ2) is 8.15. The van der Waals surface area contributed by atoms with Gasteiger partial charge in [-0.15, -0.1) is 0 Å². The van der Waals surface area contributed by atoms with Gasteiger partial charge in [-0.3, -0.25) is 4.79 Å². The standard InChI is InChI=1S/C24H27N7O2/c1-16(32)29-8-5-19(6-9-29)31-23-20(15-26-31)22(18-3-2-17-4-7-25-21(17)14-18)27-24(28-23)30-10-12-33-13-11-30/h2-4,7,14-15,19,25H,5-6,8-13H2,1H3. The number of benzene rings is 1. The number of fused-ring (bicyclic) bond motifs is 2. The summed E-state index contributed by atoms with van der Waals surface area (Å²) in [4.78, 5) is 29.2. The molecule has 0 aliphatic carbocycles. The van der Waals surface area contributed by atoms with Crippen LogP contribution >= 0.6 is 0 Å². The predicted octanol–water partition coefficient (Wildman–Crippen LogP) is 2.99. The van der Waals surface area contributed by atoms with Crippen molar-refractivity contribution in [1.29, 1.82) is 0 Å². The molecule has 5 heterocycles. The number of hydrogen-bond acceptors (Lipinski definition) is 6. The van der Waals surface area contributed by atoms with Crippen molar-refractivity contribution in [2.24, 2.45) is 0 Å². The summed E-state index contributed by atoms with van der Waals surface area (Å²) in [7, 11) is 0. The van der Waals surface area contributed by atoms with Crippen LogP contribution in [0.1, 0.15) is 25.8 Å². The Hall–Kier alpha value is -3.46. The minimum Gasteiger partial charge on any atom is -0.378 e. The molecule has 9 heteroatoms. The van der Waals surface area contributed by atoms with E-state index in [0.717, 1.165) is 72.8 Å². The van der Waals surface area contributed by atoms with Crippen molar-refractivity contribution in [2.45, 2.75) is 25.8 Å². The highest BCUT2D eigenvalue weighted by molar-refractivity contribution is 5.94. The highest BCUT2D eigenvalue weighted by Gasteiger charge is 2.26. The molecule has 9 nitrogen and oxygen atoms in total. The molecule has 0 spiro atoms. The van der Waals surface area contributed by atoms with Gasteiger partial charge in [0.15, 0.2) is 5.65 Å². The largest absolute Gasteiger partial charge is 0.378 e. The molecule has 0 unspecified atom stereocenters. The molecule has 0 radical (unpaired) electrons. The highest BCUT2D eigenvalue weighted by atomic mass is 16.5. The van der Waals surface area contributed by atoms with Gasteiger partial charge in [0, 0.05) is 50.4 Å². The third-order valence-corrected chi connectivity index (χ3v) is 6.82. The van der Waals surface area contributed by atoms with E-state index in [1.807, 2.05) is 17.3 Å². The van der Waals surface area contributed by atoms with E-state index in [2.05, 4.69) is 38.8 Å². The van der Waals surface area contributed by atoms with Gasteiger partial charge in [-0.2, -0.15) is 10.1 Å². The van der Waals surface area contributed by atoms with Gasteiger partial charge in [-0.1, -0.05) is 12.1 Å². The number of H-pyrrole nitrogens is 1. The quantitative estimate of drug-likeness (QED) is 0.521. The molecular weight excluding hydrogens is 418 g/mol. The fraction of sp³-hybridized carbons (Fsp3) is 0.417. The van der Waals surface area contributed by atoms with Crippen LogP contribution in [0.5, 0.6) is 0 Å². The second-order valence-corrected chi connectivity index (χ2v) is 8.81. The molecule has 1 N–H and O–H groups in total. The summed E-state index contributed by atoms with van der Waals surface area (Å²) in [6.07, 6.45) is 5.59. The third kappa shape index (κ3) is 3.62. The Morgan fingerprint density at radius 3 is 2.70 bits per heavy atom. The van der Waals surface area contributed by atoms with Crippen molar-refractivity contribution in [3.05, 3.63) is 36.7 Å². The summed E-state index contributed by atoms with van der Waals surface area (Å²) in [5.74, 6) is 0.855. The topological polar surface area (TPSA) is 92.2 Å². The van der Waals surface area contributed by atoms with Crippen LogP contribution in [0.15, 0.2) is 36.7 Å². The zero-order valence-corrected chi connectivity index (χ0v) is 18.7. The van der Waals surface area contributed by atoms with Gasteiger partial charge >= 0.3 is 0 Å². The third-order valence-electron chi connectivity index (χ3n) is 6.82. The molecule has 2 saturated heterocycles. The van der Waals surface area contributed by atoms with Crippen LogP contribution in [0.3, 0.4) is 0 Å². The number of likely N-dealkylation sites (tertiary alicyclic amines) is 1. The van der Waals surface area contributed by atoms with Gasteiger partial charge < -0.3 is 19.5 Å². The number of aromatic amines is 1. The molecular formula is C24H27N7O2. The maximum atomic E-state index is 11.8. The van der Waals surface area contributed by atoms with E-state index in [1.165, 1.54) is 5.39 Å². The van der Waals surface area contributed by atoms with Crippen molar-refractivity contribution < 1.29 is 9.53 Å². The first-order valence-electron chi connectivity index (χ1n) is 11.6. The van der Waals surface area contributed by atoms with Gasteiger partial charge in [0.25, 0.3) is 0 Å². The van der Waals surface area contributed by atoms with Gasteiger partial charge in [0.1, 0.15) is 0 Å². The zero-order chi connectivity index (χ0) is 22.4. The first kappa shape index (κ1) is 20.2. The van der Waals surface area contributed by atoms with Crippen LogP contribution < -0.4 is 4.90 Å². The smallest absolute Gasteiger partial charge is 0.228 e. The van der Waals surface area contributed by atoms with Crippen molar-refractivity contribution in [3.8, 4) is 11.3 Å². The molecule has 1 aromatic carbocycles. The number of ether oxygens (including phenoxy) is 1. The lowest BCUT2D eigenvalue weighted by molar-refractivity contribution is -0.130. The molecule has 0 saturated carbocycles. The van der Waals surface area contributed by atoms with Crippen LogP contribution in [0, 0.1) is 0 Å². The van der Waals surface area contributed by atoms with Gasteiger partial charge in [-0.05, 0) is 30.4 Å². The van der Waals surface area contributed by atoms with Crippen molar-refractivity contribution in [2.75, 3.05) is 44.3 Å². The van der Waals surface area contributed by atoms with Crippen LogP contribution in [0.4, 0.5) is 5.95 Å². The van der Waals surface area contributed by atoms with Gasteiger partial charge in [0.05, 0.1) is 36.5 Å². The van der Waals surface area contributed by atoms with E-state index >= 15 is 0 Å². The number of amides is 1. The van der Waals surface area contributed by atoms with E-state index < -0.39 is 0 Å². The summed E-state index contributed by atoms with van der Waals surface area (Å²) in [6, 6.07) is 8.65. The van der Waals surface area contributed by atoms with Crippen LogP contribution in [0.25, 0.3) is 33.2 Å². The minimum atomic E-state index is 0.137. The molecule has 3 aromatic heterocycles. The number of morpholine rings is 1. The molecule has 6 rings (SSSR count). The Bertz CT molecular complexity index is 1310. The summed E-state index contributed by atoms with van der Waals surface area (Å²) in [6.45, 7) is 6.02. The van der Waals surface area contributed by atoms with E-state index in [-0.39, 0.29) is 11.9 Å². The highest BCUT2D eigenvalue weighted by Crippen LogP contribution is 2.33. The minimum absolute atomic E-state index is 0.137. The summed E-state index contributed by atoms with van der Waals surface area (Å²) >= 11 is 0. The molecule has 170 valence electrons. The van der Waals surface area contributed by atoms with Crippen LogP contribution in [0.2, 0.25) is 0 Å². The SMILES string of the molecule is CC(=O)N1CCC(n2ncc3c(-c4ccc5cc[nH]c5c4)nc(N4CCOCC4)nc32)CC1. The average molecular weight is 446 g/mol. The number of carbonyl (C=O) groups is 1. The predicted molar refractivity (Wildman–Crippen MR) is 126 cm³/mol. The van der Waals surface area contributed by atoms with Gasteiger partial charge in [-0.25, -0.2) is 9.67 Å². The number of anilines is 1. The van der Waals surface area contributed by atoms with Crippen molar-refractivity contribution in [1.82, 2.24) is 29.6 Å². The first-order valence-corrected chi connectivity index (χ1v) is 11.6. The number of aromatic nitrogens is 5. The maximum absolute atomic E-state index is 11.8. The summed E-state index contributed by atoms with van der Waals surface area (Å²) in [5.41, 5.74) is 3.87. The fourth-order valence-corrected chi connectivity index (χ4v) is 4.93. The number of carbonyl (C=O) groups excluding carboxylic acids is 1. The van der Waals surface area contributed by atoms with E-state index in [0.29, 0.717) is 13.2 Å². The number of rotatable bonds is 3. The Balaban J connectivity index is 1.45. The maximum Gasteiger partial charge on any atom is 0.228 e. The number of nitrogens with one attached hydrogen (secondary N) is 1. The average Bonchev–Trinajstić information content (AvgIpc) is 3.50. The zero-order valence-electron chi connectivity index (χ0n) is 18.7. The Kier molecular flexibility index (Phi) is 4.98. The van der Waals surface area contributed by atoms with Crippen molar-refractivity contribution >= 4 is 33.8 Å². The molecule has 1 amide bonds. The molecule has 2 aliphatic rings. The van der Waals surface area contributed by atoms with E-state index in [4.69, 9.17) is 19.8 Å². The molecule has 33 heavy (non-hydrogen) atoms. The number of nitrogens with zero attached hydrogens (tertiary/aromatic N) is 6. The summed E-state index contributed by atoms with van der Waals surface area (Å²) < 4.78 is 7.60. The van der Waals surface area contributed by atoms with Crippen molar-refractivity contribution in [3.63, 3.8) is 0 Å². The van der Waals surface area contributed by atoms with Crippen LogP contribution in [-0.2, 0) is 9.53 Å². The lowest BCUT2D eigenvalue weighted by Gasteiger charge is -2.31. The lowest BCUT2D eigenvalue weighted by atomic mass is 10.0. The molecule has 2 fully saturated rings. The monoisotopic (exact) mass is 445 g/mol. The fourth-order valence-electron chi connectivity index (χ4n) is 4.93. The normalized spacial score (nSPS) is 17.8. The molecule has 0 atom stereocenters.